The van der Waals surface area contributed by atoms with Crippen LogP contribution >= 0.6 is 11.3 Å². The Morgan fingerprint density at radius 3 is 2.85 bits per heavy atom. The number of carbonyl (C=O) groups is 1. The number of hydrogen-bond acceptors (Lipinski definition) is 6. The highest BCUT2D eigenvalue weighted by atomic mass is 32.1. The van der Waals surface area contributed by atoms with Gasteiger partial charge in [0, 0.05) is 5.54 Å². The third-order valence-electron chi connectivity index (χ3n) is 2.72. The average Bonchev–Trinajstić information content (AvgIpc) is 2.73. The van der Waals surface area contributed by atoms with Crippen LogP contribution in [-0.2, 0) is 4.79 Å². The molecule has 0 aliphatic heterocycles. The molecule has 0 radical (unpaired) electrons. The fourth-order valence-electron chi connectivity index (χ4n) is 1.99. The van der Waals surface area contributed by atoms with Crippen LogP contribution in [0, 0.1) is 10.1 Å². The summed E-state index contributed by atoms with van der Waals surface area (Å²) in [6.07, 6.45) is -0.154. The molecule has 0 saturated carbocycles. The second kappa shape index (κ2) is 5.04. The fourth-order valence-corrected chi connectivity index (χ4v) is 2.67. The van der Waals surface area contributed by atoms with Crippen LogP contribution in [-0.4, -0.2) is 26.5 Å². The topological polar surface area (TPSA) is 105 Å². The Balaban J connectivity index is 2.46. The highest BCUT2D eigenvalue weighted by Gasteiger charge is 2.27. The molecule has 2 aromatic rings. The number of thiazole rings is 1. The number of benzene rings is 1. The number of hydrogen-bond donors (Lipinski definition) is 2. The summed E-state index contributed by atoms with van der Waals surface area (Å²) < 4.78 is 0.721. The Morgan fingerprint density at radius 1 is 1.55 bits per heavy atom. The number of aliphatic carboxylic acids is 1. The zero-order chi connectivity index (χ0) is 14.9. The minimum Gasteiger partial charge on any atom is -0.481 e. The first-order valence-electron chi connectivity index (χ1n) is 5.81. The zero-order valence-corrected chi connectivity index (χ0v) is 11.7. The summed E-state index contributed by atoms with van der Waals surface area (Å²) in [6.45, 7) is 3.35. The first kappa shape index (κ1) is 14.2. The second-order valence-electron chi connectivity index (χ2n) is 5.00. The van der Waals surface area contributed by atoms with Crippen LogP contribution in [0.25, 0.3) is 10.2 Å². The molecule has 0 spiro atoms. The summed E-state index contributed by atoms with van der Waals surface area (Å²) in [5.74, 6) is -0.972. The molecule has 7 nitrogen and oxygen atoms in total. The molecule has 8 heteroatoms. The van der Waals surface area contributed by atoms with Gasteiger partial charge in [0.25, 0.3) is 0 Å². The lowest BCUT2D eigenvalue weighted by Crippen LogP contribution is -2.33. The molecule has 0 unspecified atom stereocenters. The molecule has 20 heavy (non-hydrogen) atoms. The number of nitrogens with zero attached hydrogens (tertiary/aromatic N) is 2. The average molecular weight is 295 g/mol. The molecule has 1 aromatic carbocycles. The van der Waals surface area contributed by atoms with Crippen molar-refractivity contribution in [1.29, 1.82) is 0 Å². The molecule has 0 bridgehead atoms. The number of nitrogens with one attached hydrogen (secondary N) is 1. The van der Waals surface area contributed by atoms with Crippen LogP contribution in [0.4, 0.5) is 11.4 Å². The second-order valence-corrected chi connectivity index (χ2v) is 5.88. The van der Waals surface area contributed by atoms with Crippen molar-refractivity contribution in [1.82, 2.24) is 4.98 Å². The summed E-state index contributed by atoms with van der Waals surface area (Å²) >= 11 is 1.32. The van der Waals surface area contributed by atoms with Crippen molar-refractivity contribution in [3.8, 4) is 0 Å². The minimum absolute atomic E-state index is 0.123. The van der Waals surface area contributed by atoms with Gasteiger partial charge in [0.2, 0.25) is 0 Å². The highest BCUT2D eigenvalue weighted by Crippen LogP contribution is 2.36. The Bertz CT molecular complexity index is 680. The Hall–Kier alpha value is -2.22. The monoisotopic (exact) mass is 295 g/mol. The predicted octanol–water partition coefficient (Wildman–Crippen LogP) is 2.87. The van der Waals surface area contributed by atoms with E-state index in [1.807, 2.05) is 0 Å². The maximum atomic E-state index is 11.3. The van der Waals surface area contributed by atoms with Gasteiger partial charge in [0.05, 0.1) is 21.6 Å². The van der Waals surface area contributed by atoms with E-state index in [4.69, 9.17) is 5.11 Å². The largest absolute Gasteiger partial charge is 0.481 e. The number of rotatable bonds is 5. The van der Waals surface area contributed by atoms with E-state index in [-0.39, 0.29) is 17.8 Å². The van der Waals surface area contributed by atoms with E-state index in [2.05, 4.69) is 10.3 Å². The van der Waals surface area contributed by atoms with Crippen molar-refractivity contribution in [3.63, 3.8) is 0 Å². The Morgan fingerprint density at radius 2 is 2.25 bits per heavy atom. The third kappa shape index (κ3) is 2.85. The molecular formula is C12H13N3O4S. The van der Waals surface area contributed by atoms with Crippen LogP contribution < -0.4 is 5.32 Å². The van der Waals surface area contributed by atoms with E-state index in [0.29, 0.717) is 5.52 Å². The van der Waals surface area contributed by atoms with Gasteiger partial charge in [-0.3, -0.25) is 14.9 Å². The van der Waals surface area contributed by atoms with Crippen molar-refractivity contribution in [2.24, 2.45) is 0 Å². The predicted molar refractivity (Wildman–Crippen MR) is 76.2 cm³/mol. The van der Waals surface area contributed by atoms with Gasteiger partial charge in [0.15, 0.2) is 5.52 Å². The van der Waals surface area contributed by atoms with E-state index in [0.717, 1.165) is 4.70 Å². The standard InChI is InChI=1S/C12H13N3O4S/c1-12(2,5-9(16)17)14-7-3-4-8-10(13-6-20-8)11(7)15(18)19/h3-4,6,14H,5H2,1-2H3,(H,16,17). The van der Waals surface area contributed by atoms with Gasteiger partial charge < -0.3 is 10.4 Å². The van der Waals surface area contributed by atoms with E-state index in [9.17, 15) is 14.9 Å². The van der Waals surface area contributed by atoms with Gasteiger partial charge in [0.1, 0.15) is 5.69 Å². The number of fused-ring (bicyclic) bond motifs is 1. The summed E-state index contributed by atoms with van der Waals surface area (Å²) in [4.78, 5) is 25.6. The van der Waals surface area contributed by atoms with E-state index in [1.54, 1.807) is 31.5 Å². The minimum atomic E-state index is -0.972. The van der Waals surface area contributed by atoms with E-state index >= 15 is 0 Å². The molecule has 0 aliphatic rings. The van der Waals surface area contributed by atoms with Crippen LogP contribution in [0.5, 0.6) is 0 Å². The first-order chi connectivity index (χ1) is 9.30. The molecule has 2 rings (SSSR count). The molecule has 0 atom stereocenters. The van der Waals surface area contributed by atoms with Crippen LogP contribution in [0.15, 0.2) is 17.6 Å². The maximum absolute atomic E-state index is 11.3. The van der Waals surface area contributed by atoms with Crippen molar-refractivity contribution in [3.05, 3.63) is 27.8 Å². The lowest BCUT2D eigenvalue weighted by Gasteiger charge is -2.25. The first-order valence-corrected chi connectivity index (χ1v) is 6.69. The summed E-state index contributed by atoms with van der Waals surface area (Å²) in [5.41, 5.74) is 1.21. The lowest BCUT2D eigenvalue weighted by molar-refractivity contribution is -0.382. The molecule has 1 aromatic heterocycles. The number of nitro benzene ring substituents is 1. The van der Waals surface area contributed by atoms with Gasteiger partial charge >= 0.3 is 11.7 Å². The Kier molecular flexibility index (Phi) is 3.58. The molecule has 0 amide bonds. The van der Waals surface area contributed by atoms with Gasteiger partial charge in [-0.2, -0.15) is 0 Å². The molecular weight excluding hydrogens is 282 g/mol. The Labute approximate surface area is 118 Å². The third-order valence-corrected chi connectivity index (χ3v) is 3.52. The molecule has 0 saturated heterocycles. The summed E-state index contributed by atoms with van der Waals surface area (Å²) in [5, 5.41) is 23.0. The van der Waals surface area contributed by atoms with Gasteiger partial charge in [-0.1, -0.05) is 0 Å². The lowest BCUT2D eigenvalue weighted by atomic mass is 10.00. The number of carboxylic acid groups (broad SMARTS) is 1. The number of anilines is 1. The molecule has 0 aliphatic carbocycles. The van der Waals surface area contributed by atoms with Crippen LogP contribution in [0.3, 0.4) is 0 Å². The maximum Gasteiger partial charge on any atom is 0.319 e. The molecule has 106 valence electrons. The number of aromatic nitrogens is 1. The van der Waals surface area contributed by atoms with Gasteiger partial charge in [-0.25, -0.2) is 4.98 Å². The number of carboxylic acids is 1. The van der Waals surface area contributed by atoms with Crippen LogP contribution in [0.2, 0.25) is 0 Å². The molecule has 2 N–H and O–H groups in total. The van der Waals surface area contributed by atoms with Crippen molar-refractivity contribution in [2.75, 3.05) is 5.32 Å². The van der Waals surface area contributed by atoms with Crippen molar-refractivity contribution >= 4 is 38.9 Å². The molecule has 1 heterocycles. The summed E-state index contributed by atoms with van der Waals surface area (Å²) in [6, 6.07) is 3.32. The van der Waals surface area contributed by atoms with Crippen molar-refractivity contribution < 1.29 is 14.8 Å². The SMILES string of the molecule is CC(C)(CC(=O)O)Nc1ccc2scnc2c1[N+](=O)[O-]. The van der Waals surface area contributed by atoms with E-state index in [1.165, 1.54) is 11.3 Å². The van der Waals surface area contributed by atoms with Gasteiger partial charge in [-0.15, -0.1) is 11.3 Å². The number of nitro groups is 1. The van der Waals surface area contributed by atoms with Crippen molar-refractivity contribution in [2.45, 2.75) is 25.8 Å². The van der Waals surface area contributed by atoms with E-state index < -0.39 is 16.4 Å². The molecule has 0 fully saturated rings. The highest BCUT2D eigenvalue weighted by molar-refractivity contribution is 7.16. The zero-order valence-electron chi connectivity index (χ0n) is 10.9. The van der Waals surface area contributed by atoms with Gasteiger partial charge in [-0.05, 0) is 26.0 Å². The fraction of sp³-hybridized carbons (Fsp3) is 0.333. The smallest absolute Gasteiger partial charge is 0.319 e. The van der Waals surface area contributed by atoms with Crippen LogP contribution in [0.1, 0.15) is 20.3 Å². The quantitative estimate of drug-likeness (QED) is 0.649. The summed E-state index contributed by atoms with van der Waals surface area (Å²) in [7, 11) is 0. The normalized spacial score (nSPS) is 11.5.